The van der Waals surface area contributed by atoms with Gasteiger partial charge in [-0.3, -0.25) is 4.79 Å². The van der Waals surface area contributed by atoms with E-state index in [1.807, 2.05) is 6.07 Å². The number of aliphatic hydroxyl groups excluding tert-OH is 1. The van der Waals surface area contributed by atoms with E-state index in [1.54, 1.807) is 54.6 Å². The van der Waals surface area contributed by atoms with E-state index in [4.69, 9.17) is 0 Å². The largest absolute Gasteiger partial charge is 0.390 e. The van der Waals surface area contributed by atoms with Crippen molar-refractivity contribution in [3.63, 3.8) is 0 Å². The number of hydrogen-bond acceptors (Lipinski definition) is 5. The molecule has 0 aromatic heterocycles. The summed E-state index contributed by atoms with van der Waals surface area (Å²) in [4.78, 5) is 35.0. The summed E-state index contributed by atoms with van der Waals surface area (Å²) < 4.78 is 4.53. The Bertz CT molecular complexity index is 700. The Kier molecular flexibility index (Phi) is 6.22. The van der Waals surface area contributed by atoms with Crippen molar-refractivity contribution in [2.75, 3.05) is 6.54 Å². The van der Waals surface area contributed by atoms with Crippen LogP contribution in [0, 0.1) is 0 Å². The van der Waals surface area contributed by atoms with Crippen molar-refractivity contribution in [3.05, 3.63) is 71.8 Å². The number of amides is 1. The fourth-order valence-electron chi connectivity index (χ4n) is 1.98. The molecule has 2 N–H and O–H groups in total. The third kappa shape index (κ3) is 5.33. The summed E-state index contributed by atoms with van der Waals surface area (Å²) in [6.45, 7) is -0.461. The molecule has 0 saturated heterocycles. The molecular formula is C18H17NO5. The van der Waals surface area contributed by atoms with Gasteiger partial charge >= 0.3 is 11.9 Å². The van der Waals surface area contributed by atoms with Gasteiger partial charge in [0.15, 0.2) is 6.10 Å². The van der Waals surface area contributed by atoms with Crippen LogP contribution in [0.15, 0.2) is 60.7 Å². The van der Waals surface area contributed by atoms with Gasteiger partial charge in [0, 0.05) is 12.0 Å². The van der Waals surface area contributed by atoms with Crippen LogP contribution in [0.25, 0.3) is 0 Å². The van der Waals surface area contributed by atoms with E-state index in [0.29, 0.717) is 5.56 Å². The highest BCUT2D eigenvalue weighted by molar-refractivity contribution is 5.97. The second-order valence-electron chi connectivity index (χ2n) is 5.05. The van der Waals surface area contributed by atoms with Crippen LogP contribution in [-0.4, -0.2) is 35.6 Å². The first-order valence-electron chi connectivity index (χ1n) is 7.36. The summed E-state index contributed by atoms with van der Waals surface area (Å²) in [6, 6.07) is 17.2. The van der Waals surface area contributed by atoms with Crippen LogP contribution in [0.2, 0.25) is 0 Å². The van der Waals surface area contributed by atoms with Crippen LogP contribution in [0.1, 0.15) is 15.9 Å². The van der Waals surface area contributed by atoms with Gasteiger partial charge in [-0.2, -0.15) is 0 Å². The minimum Gasteiger partial charge on any atom is -0.390 e. The molecule has 0 spiro atoms. The molecule has 1 unspecified atom stereocenters. The first kappa shape index (κ1) is 17.4. The highest BCUT2D eigenvalue weighted by atomic mass is 16.6. The summed E-state index contributed by atoms with van der Waals surface area (Å²) >= 11 is 0. The van der Waals surface area contributed by atoms with Gasteiger partial charge in [0.25, 0.3) is 5.91 Å². The number of carbonyl (C=O) groups is 3. The van der Waals surface area contributed by atoms with Gasteiger partial charge in [-0.05, 0) is 17.7 Å². The minimum atomic E-state index is -1.44. The van der Waals surface area contributed by atoms with E-state index in [0.717, 1.165) is 5.56 Å². The molecule has 0 bridgehead atoms. The summed E-state index contributed by atoms with van der Waals surface area (Å²) in [5.74, 6) is -2.43. The van der Waals surface area contributed by atoms with Crippen molar-refractivity contribution in [2.45, 2.75) is 12.5 Å². The maximum atomic E-state index is 11.8. The average Bonchev–Trinajstić information content (AvgIpc) is 2.61. The van der Waals surface area contributed by atoms with Crippen molar-refractivity contribution in [3.8, 4) is 0 Å². The summed E-state index contributed by atoms with van der Waals surface area (Å²) in [6.07, 6.45) is -1.40. The second-order valence-corrected chi connectivity index (χ2v) is 5.05. The van der Waals surface area contributed by atoms with E-state index in [9.17, 15) is 19.5 Å². The summed E-state index contributed by atoms with van der Waals surface area (Å²) in [5, 5.41) is 12.1. The molecule has 0 heterocycles. The molecule has 0 radical (unpaired) electrons. The number of ether oxygens (including phenoxy) is 1. The maximum absolute atomic E-state index is 11.8. The zero-order chi connectivity index (χ0) is 17.4. The van der Waals surface area contributed by atoms with Crippen LogP contribution in [-0.2, 0) is 20.7 Å². The predicted molar refractivity (Wildman–Crippen MR) is 86.0 cm³/mol. The minimum absolute atomic E-state index is 0.0450. The lowest BCUT2D eigenvalue weighted by Gasteiger charge is -2.10. The van der Waals surface area contributed by atoms with Gasteiger partial charge in [-0.1, -0.05) is 48.5 Å². The molecule has 1 atom stereocenters. The molecule has 2 aromatic rings. The Balaban J connectivity index is 1.77. The SMILES string of the molecule is O=C(CNC(=O)c1ccccc1)OC(=O)C(O)Cc1ccccc1. The van der Waals surface area contributed by atoms with Crippen molar-refractivity contribution in [1.29, 1.82) is 0 Å². The van der Waals surface area contributed by atoms with Gasteiger partial charge < -0.3 is 15.2 Å². The molecule has 2 rings (SSSR count). The van der Waals surface area contributed by atoms with Crippen molar-refractivity contribution in [2.24, 2.45) is 0 Å². The van der Waals surface area contributed by atoms with E-state index in [-0.39, 0.29) is 6.42 Å². The molecule has 0 aliphatic carbocycles. The molecule has 0 aliphatic rings. The number of esters is 2. The maximum Gasteiger partial charge on any atom is 0.342 e. The smallest absolute Gasteiger partial charge is 0.342 e. The molecule has 6 nitrogen and oxygen atoms in total. The Hall–Kier alpha value is -2.99. The van der Waals surface area contributed by atoms with E-state index < -0.39 is 30.5 Å². The quantitative estimate of drug-likeness (QED) is 0.612. The number of hydrogen-bond donors (Lipinski definition) is 2. The van der Waals surface area contributed by atoms with Crippen molar-refractivity contribution < 1.29 is 24.2 Å². The number of carbonyl (C=O) groups excluding carboxylic acids is 3. The Labute approximate surface area is 139 Å². The topological polar surface area (TPSA) is 92.7 Å². The highest BCUT2D eigenvalue weighted by Crippen LogP contribution is 2.04. The van der Waals surface area contributed by atoms with E-state index >= 15 is 0 Å². The average molecular weight is 327 g/mol. The van der Waals surface area contributed by atoms with Crippen molar-refractivity contribution in [1.82, 2.24) is 5.32 Å². The Morgan fingerprint density at radius 3 is 2.17 bits per heavy atom. The van der Waals surface area contributed by atoms with Gasteiger partial charge in [0.2, 0.25) is 0 Å². The zero-order valence-corrected chi connectivity index (χ0v) is 12.8. The first-order valence-corrected chi connectivity index (χ1v) is 7.36. The molecule has 24 heavy (non-hydrogen) atoms. The van der Waals surface area contributed by atoms with Crippen LogP contribution < -0.4 is 5.32 Å². The first-order chi connectivity index (χ1) is 11.6. The predicted octanol–water partition coefficient (Wildman–Crippen LogP) is 1.09. The molecule has 1 amide bonds. The number of aliphatic hydroxyl groups is 1. The highest BCUT2D eigenvalue weighted by Gasteiger charge is 2.21. The van der Waals surface area contributed by atoms with Gasteiger partial charge in [0.1, 0.15) is 6.54 Å². The molecule has 6 heteroatoms. The zero-order valence-electron chi connectivity index (χ0n) is 12.8. The van der Waals surface area contributed by atoms with Crippen LogP contribution in [0.4, 0.5) is 0 Å². The van der Waals surface area contributed by atoms with Crippen LogP contribution in [0.3, 0.4) is 0 Å². The molecule has 0 aliphatic heterocycles. The fraction of sp³-hybridized carbons (Fsp3) is 0.167. The molecular weight excluding hydrogens is 310 g/mol. The third-order valence-corrected chi connectivity index (χ3v) is 3.19. The molecule has 0 saturated carbocycles. The molecule has 124 valence electrons. The fourth-order valence-corrected chi connectivity index (χ4v) is 1.98. The lowest BCUT2D eigenvalue weighted by Crippen LogP contribution is -2.34. The van der Waals surface area contributed by atoms with Crippen LogP contribution >= 0.6 is 0 Å². The van der Waals surface area contributed by atoms with E-state index in [2.05, 4.69) is 10.1 Å². The van der Waals surface area contributed by atoms with E-state index in [1.165, 1.54) is 0 Å². The lowest BCUT2D eigenvalue weighted by molar-refractivity contribution is -0.165. The number of rotatable bonds is 6. The Morgan fingerprint density at radius 1 is 0.958 bits per heavy atom. The van der Waals surface area contributed by atoms with Gasteiger partial charge in [-0.15, -0.1) is 0 Å². The standard InChI is InChI=1S/C18H17NO5/c20-15(11-13-7-3-1-4-8-13)18(23)24-16(21)12-19-17(22)14-9-5-2-6-10-14/h1-10,15,20H,11-12H2,(H,19,22). The van der Waals surface area contributed by atoms with Gasteiger partial charge in [0.05, 0.1) is 0 Å². The summed E-state index contributed by atoms with van der Waals surface area (Å²) in [5.41, 5.74) is 1.13. The summed E-state index contributed by atoms with van der Waals surface area (Å²) in [7, 11) is 0. The number of benzene rings is 2. The van der Waals surface area contributed by atoms with Crippen molar-refractivity contribution >= 4 is 17.8 Å². The molecule has 2 aromatic carbocycles. The third-order valence-electron chi connectivity index (χ3n) is 3.19. The lowest BCUT2D eigenvalue weighted by atomic mass is 10.1. The second kappa shape index (κ2) is 8.59. The van der Waals surface area contributed by atoms with Crippen LogP contribution in [0.5, 0.6) is 0 Å². The van der Waals surface area contributed by atoms with Gasteiger partial charge in [-0.25, -0.2) is 9.59 Å². The molecule has 0 fully saturated rings. The monoisotopic (exact) mass is 327 g/mol. The Morgan fingerprint density at radius 2 is 1.54 bits per heavy atom. The normalized spacial score (nSPS) is 11.4. The number of nitrogens with one attached hydrogen (secondary N) is 1.